The van der Waals surface area contributed by atoms with Crippen molar-refractivity contribution in [2.24, 2.45) is 11.7 Å². The summed E-state index contributed by atoms with van der Waals surface area (Å²) in [7, 11) is 3.37. The maximum absolute atomic E-state index is 6.26. The summed E-state index contributed by atoms with van der Waals surface area (Å²) in [5.41, 5.74) is 7.31. The molecule has 0 heterocycles. The Morgan fingerprint density at radius 1 is 1.11 bits per heavy atom. The first-order chi connectivity index (χ1) is 9.19. The largest absolute Gasteiger partial charge is 0.491 e. The van der Waals surface area contributed by atoms with E-state index in [0.29, 0.717) is 19.1 Å². The number of benzene rings is 1. The molecule has 0 radical (unpaired) electrons. The second-order valence-corrected chi connectivity index (χ2v) is 4.78. The van der Waals surface area contributed by atoms with Crippen LogP contribution in [0.1, 0.15) is 24.9 Å². The van der Waals surface area contributed by atoms with Gasteiger partial charge in [-0.15, -0.1) is 0 Å². The Hall–Kier alpha value is -1.10. The van der Waals surface area contributed by atoms with Crippen molar-refractivity contribution in [3.63, 3.8) is 0 Å². The molecule has 0 fully saturated rings. The number of ether oxygens (including phenoxy) is 3. The highest BCUT2D eigenvalue weighted by Gasteiger charge is 2.15. The zero-order valence-electron chi connectivity index (χ0n) is 12.1. The third-order valence-electron chi connectivity index (χ3n) is 2.97. The SMILES string of the molecule is COCCOc1ccccc1C(N)CC(C)COC. The molecule has 0 aromatic heterocycles. The quantitative estimate of drug-likeness (QED) is 0.698. The van der Waals surface area contributed by atoms with Gasteiger partial charge in [0.1, 0.15) is 12.4 Å². The van der Waals surface area contributed by atoms with Crippen molar-refractivity contribution < 1.29 is 14.2 Å². The second kappa shape index (κ2) is 8.91. The van der Waals surface area contributed by atoms with Crippen molar-refractivity contribution in [1.29, 1.82) is 0 Å². The van der Waals surface area contributed by atoms with Gasteiger partial charge in [0.25, 0.3) is 0 Å². The smallest absolute Gasteiger partial charge is 0.124 e. The molecule has 0 bridgehead atoms. The minimum Gasteiger partial charge on any atom is -0.491 e. The summed E-state index contributed by atoms with van der Waals surface area (Å²) in [5.74, 6) is 1.27. The lowest BCUT2D eigenvalue weighted by Gasteiger charge is -2.20. The average molecular weight is 267 g/mol. The predicted molar refractivity (Wildman–Crippen MR) is 76.4 cm³/mol. The van der Waals surface area contributed by atoms with Crippen molar-refractivity contribution >= 4 is 0 Å². The number of rotatable bonds is 9. The highest BCUT2D eigenvalue weighted by Crippen LogP contribution is 2.27. The van der Waals surface area contributed by atoms with Crippen LogP contribution in [0.4, 0.5) is 0 Å². The molecule has 0 aliphatic rings. The standard InChI is InChI=1S/C15H25NO3/c1-12(11-18-3)10-14(16)13-6-4-5-7-15(13)19-9-8-17-2/h4-7,12,14H,8-11,16H2,1-3H3. The highest BCUT2D eigenvalue weighted by molar-refractivity contribution is 5.35. The van der Waals surface area contributed by atoms with Gasteiger partial charge in [-0.25, -0.2) is 0 Å². The molecule has 4 heteroatoms. The molecule has 2 unspecified atom stereocenters. The Labute approximate surface area is 115 Å². The molecular weight excluding hydrogens is 242 g/mol. The predicted octanol–water partition coefficient (Wildman–Crippen LogP) is 2.38. The zero-order chi connectivity index (χ0) is 14.1. The van der Waals surface area contributed by atoms with Crippen LogP contribution in [0, 0.1) is 5.92 Å². The minimum absolute atomic E-state index is 0.0381. The summed E-state index contributed by atoms with van der Waals surface area (Å²) in [6, 6.07) is 7.87. The van der Waals surface area contributed by atoms with Gasteiger partial charge in [-0.1, -0.05) is 25.1 Å². The molecule has 0 spiro atoms. The molecule has 108 valence electrons. The van der Waals surface area contributed by atoms with Crippen LogP contribution in [0.5, 0.6) is 5.75 Å². The van der Waals surface area contributed by atoms with Gasteiger partial charge >= 0.3 is 0 Å². The molecule has 0 saturated carbocycles. The lowest BCUT2D eigenvalue weighted by molar-refractivity contribution is 0.143. The molecule has 19 heavy (non-hydrogen) atoms. The Balaban J connectivity index is 2.64. The molecule has 2 N–H and O–H groups in total. The molecule has 0 saturated heterocycles. The first kappa shape index (κ1) is 16.0. The number of methoxy groups -OCH3 is 2. The fraction of sp³-hybridized carbons (Fsp3) is 0.600. The van der Waals surface area contributed by atoms with Gasteiger partial charge in [-0.3, -0.25) is 0 Å². The lowest BCUT2D eigenvalue weighted by Crippen LogP contribution is -2.18. The Morgan fingerprint density at radius 2 is 1.84 bits per heavy atom. The van der Waals surface area contributed by atoms with Gasteiger partial charge in [0.15, 0.2) is 0 Å². The fourth-order valence-electron chi connectivity index (χ4n) is 2.07. The molecule has 0 aliphatic heterocycles. The molecule has 0 amide bonds. The van der Waals surface area contributed by atoms with Crippen molar-refractivity contribution in [1.82, 2.24) is 0 Å². The third kappa shape index (κ3) is 5.59. The maximum Gasteiger partial charge on any atom is 0.124 e. The molecule has 4 nitrogen and oxygen atoms in total. The van der Waals surface area contributed by atoms with Crippen molar-refractivity contribution in [2.75, 3.05) is 34.0 Å². The van der Waals surface area contributed by atoms with E-state index in [2.05, 4.69) is 6.92 Å². The van der Waals surface area contributed by atoms with Gasteiger partial charge in [-0.05, 0) is 18.4 Å². The van der Waals surface area contributed by atoms with Crippen molar-refractivity contribution in [3.8, 4) is 5.75 Å². The van der Waals surface area contributed by atoms with Crippen LogP contribution in [0.15, 0.2) is 24.3 Å². The van der Waals surface area contributed by atoms with E-state index in [1.165, 1.54) is 0 Å². The zero-order valence-corrected chi connectivity index (χ0v) is 12.1. The van der Waals surface area contributed by atoms with E-state index in [-0.39, 0.29) is 6.04 Å². The van der Waals surface area contributed by atoms with Gasteiger partial charge in [0.2, 0.25) is 0 Å². The van der Waals surface area contributed by atoms with E-state index in [1.807, 2.05) is 24.3 Å². The van der Waals surface area contributed by atoms with E-state index in [1.54, 1.807) is 14.2 Å². The van der Waals surface area contributed by atoms with Gasteiger partial charge in [-0.2, -0.15) is 0 Å². The van der Waals surface area contributed by atoms with Crippen LogP contribution < -0.4 is 10.5 Å². The summed E-state index contributed by atoms with van der Waals surface area (Å²) in [6.45, 7) is 3.97. The molecule has 0 aliphatic carbocycles. The van der Waals surface area contributed by atoms with E-state index < -0.39 is 0 Å². The van der Waals surface area contributed by atoms with Crippen molar-refractivity contribution in [3.05, 3.63) is 29.8 Å². The summed E-state index contributed by atoms with van der Waals surface area (Å²) >= 11 is 0. The number of hydrogen-bond donors (Lipinski definition) is 1. The van der Waals surface area contributed by atoms with Crippen molar-refractivity contribution in [2.45, 2.75) is 19.4 Å². The van der Waals surface area contributed by atoms with Gasteiger partial charge in [0.05, 0.1) is 6.61 Å². The fourth-order valence-corrected chi connectivity index (χ4v) is 2.07. The normalized spacial score (nSPS) is 14.1. The van der Waals surface area contributed by atoms with E-state index >= 15 is 0 Å². The summed E-state index contributed by atoms with van der Waals surface area (Å²) in [5, 5.41) is 0. The molecule has 1 aromatic rings. The van der Waals surface area contributed by atoms with Crippen LogP contribution >= 0.6 is 0 Å². The maximum atomic E-state index is 6.26. The summed E-state index contributed by atoms with van der Waals surface area (Å²) < 4.78 is 15.8. The Kier molecular flexibility index (Phi) is 7.48. The third-order valence-corrected chi connectivity index (χ3v) is 2.97. The monoisotopic (exact) mass is 267 g/mol. The van der Waals surface area contributed by atoms with E-state index in [4.69, 9.17) is 19.9 Å². The van der Waals surface area contributed by atoms with E-state index in [0.717, 1.165) is 24.3 Å². The second-order valence-electron chi connectivity index (χ2n) is 4.78. The van der Waals surface area contributed by atoms with Gasteiger partial charge < -0.3 is 19.9 Å². The average Bonchev–Trinajstić information content (AvgIpc) is 2.39. The number of para-hydroxylation sites is 1. The minimum atomic E-state index is -0.0381. The van der Waals surface area contributed by atoms with Crippen LogP contribution in [0.3, 0.4) is 0 Å². The molecule has 1 rings (SSSR count). The topological polar surface area (TPSA) is 53.7 Å². The lowest BCUT2D eigenvalue weighted by atomic mass is 9.96. The molecular formula is C15H25NO3. The summed E-state index contributed by atoms with van der Waals surface area (Å²) in [4.78, 5) is 0. The Morgan fingerprint density at radius 3 is 2.53 bits per heavy atom. The first-order valence-electron chi connectivity index (χ1n) is 6.64. The van der Waals surface area contributed by atoms with Crippen LogP contribution in [0.25, 0.3) is 0 Å². The van der Waals surface area contributed by atoms with E-state index in [9.17, 15) is 0 Å². The first-order valence-corrected chi connectivity index (χ1v) is 6.64. The molecule has 1 aromatic carbocycles. The van der Waals surface area contributed by atoms with Crippen LogP contribution in [-0.4, -0.2) is 34.0 Å². The Bertz CT molecular complexity index is 357. The van der Waals surface area contributed by atoms with Crippen LogP contribution in [-0.2, 0) is 9.47 Å². The van der Waals surface area contributed by atoms with Crippen LogP contribution in [0.2, 0.25) is 0 Å². The summed E-state index contributed by atoms with van der Waals surface area (Å²) in [6.07, 6.45) is 0.874. The number of hydrogen-bond acceptors (Lipinski definition) is 4. The highest BCUT2D eigenvalue weighted by atomic mass is 16.5. The number of nitrogens with two attached hydrogens (primary N) is 1. The van der Waals surface area contributed by atoms with Gasteiger partial charge in [0, 0.05) is 32.4 Å². The molecule has 2 atom stereocenters.